The third-order valence-electron chi connectivity index (χ3n) is 7.28. The summed E-state index contributed by atoms with van der Waals surface area (Å²) >= 11 is 0. The Balaban J connectivity index is 1.77. The first-order chi connectivity index (χ1) is 16.3. The highest BCUT2D eigenvalue weighted by Gasteiger charge is 2.75. The van der Waals surface area contributed by atoms with Gasteiger partial charge in [-0.15, -0.1) is 6.58 Å². The molecule has 0 aliphatic carbocycles. The molecule has 1 aromatic rings. The number of nitrogens with zero attached hydrogens (tertiary/aromatic N) is 2. The number of amides is 2. The van der Waals surface area contributed by atoms with Crippen molar-refractivity contribution in [2.45, 2.75) is 44.4 Å². The van der Waals surface area contributed by atoms with E-state index in [4.69, 9.17) is 9.47 Å². The lowest BCUT2D eigenvalue weighted by molar-refractivity contribution is -0.154. The van der Waals surface area contributed by atoms with Crippen LogP contribution in [-0.4, -0.2) is 71.8 Å². The number of likely N-dealkylation sites (tertiary alicyclic amines) is 1. The van der Waals surface area contributed by atoms with Crippen molar-refractivity contribution >= 4 is 23.5 Å². The van der Waals surface area contributed by atoms with Crippen molar-refractivity contribution in [3.05, 3.63) is 54.6 Å². The number of ether oxygens (including phenoxy) is 2. The summed E-state index contributed by atoms with van der Waals surface area (Å²) in [5.74, 6) is -2.78. The zero-order valence-corrected chi connectivity index (χ0v) is 19.7. The zero-order chi connectivity index (χ0) is 24.6. The second kappa shape index (κ2) is 9.35. The Morgan fingerprint density at radius 2 is 2.00 bits per heavy atom. The molecule has 8 heteroatoms. The number of carbonyl (C=O) groups excluding carboxylic acids is 3. The van der Waals surface area contributed by atoms with E-state index < -0.39 is 35.6 Å². The maximum atomic E-state index is 14.2. The van der Waals surface area contributed by atoms with Crippen molar-refractivity contribution < 1.29 is 29.0 Å². The number of carbonyl (C=O) groups is 3. The Labute approximate surface area is 199 Å². The number of aliphatic hydroxyl groups is 1. The van der Waals surface area contributed by atoms with Crippen molar-refractivity contribution in [3.63, 3.8) is 0 Å². The number of esters is 1. The molecule has 3 aliphatic heterocycles. The number of fused-ring (bicyclic) bond motifs is 1. The Kier molecular flexibility index (Phi) is 6.64. The minimum absolute atomic E-state index is 0.0232. The van der Waals surface area contributed by atoms with Gasteiger partial charge < -0.3 is 24.4 Å². The van der Waals surface area contributed by atoms with E-state index in [-0.39, 0.29) is 38.1 Å². The summed E-state index contributed by atoms with van der Waals surface area (Å²) < 4.78 is 11.7. The highest BCUT2D eigenvalue weighted by Crippen LogP contribution is 2.58. The van der Waals surface area contributed by atoms with Gasteiger partial charge in [-0.3, -0.25) is 14.4 Å². The first-order valence-corrected chi connectivity index (χ1v) is 11.7. The molecule has 0 aromatic heterocycles. The predicted molar refractivity (Wildman–Crippen MR) is 126 cm³/mol. The molecule has 182 valence electrons. The Hall–Kier alpha value is -2.97. The normalized spacial score (nSPS) is 29.1. The highest BCUT2D eigenvalue weighted by molar-refractivity contribution is 6.05. The monoisotopic (exact) mass is 468 g/mol. The minimum atomic E-state index is -1.14. The van der Waals surface area contributed by atoms with Crippen molar-refractivity contribution in [1.29, 1.82) is 0 Å². The average molecular weight is 469 g/mol. The van der Waals surface area contributed by atoms with Crippen molar-refractivity contribution in [1.82, 2.24) is 4.90 Å². The first kappa shape index (κ1) is 24.2. The number of benzene rings is 1. The molecule has 3 fully saturated rings. The second-order valence-electron chi connectivity index (χ2n) is 9.21. The van der Waals surface area contributed by atoms with E-state index in [1.54, 1.807) is 11.0 Å². The predicted octanol–water partition coefficient (Wildman–Crippen LogP) is 1.92. The third-order valence-corrected chi connectivity index (χ3v) is 7.28. The fourth-order valence-electron chi connectivity index (χ4n) is 6.09. The van der Waals surface area contributed by atoms with E-state index in [9.17, 15) is 19.5 Å². The van der Waals surface area contributed by atoms with Crippen LogP contribution in [0.1, 0.15) is 24.0 Å². The van der Waals surface area contributed by atoms with Crippen LogP contribution in [0.2, 0.25) is 0 Å². The van der Waals surface area contributed by atoms with Crippen LogP contribution in [0.5, 0.6) is 0 Å². The van der Waals surface area contributed by atoms with Crippen molar-refractivity contribution in [3.8, 4) is 0 Å². The van der Waals surface area contributed by atoms with Gasteiger partial charge in [-0.05, 0) is 37.8 Å². The van der Waals surface area contributed by atoms with Gasteiger partial charge in [-0.25, -0.2) is 0 Å². The molecule has 8 nitrogen and oxygen atoms in total. The smallest absolute Gasteiger partial charge is 0.312 e. The van der Waals surface area contributed by atoms with E-state index >= 15 is 0 Å². The van der Waals surface area contributed by atoms with Gasteiger partial charge in [0, 0.05) is 18.8 Å². The Morgan fingerprint density at radius 1 is 1.29 bits per heavy atom. The lowest BCUT2D eigenvalue weighted by Crippen LogP contribution is -2.57. The molecule has 4 rings (SSSR count). The summed E-state index contributed by atoms with van der Waals surface area (Å²) in [4.78, 5) is 43.8. The molecule has 2 bridgehead atoms. The number of rotatable bonds is 9. The molecular weight excluding hydrogens is 436 g/mol. The van der Waals surface area contributed by atoms with Crippen LogP contribution in [-0.2, 0) is 23.9 Å². The maximum absolute atomic E-state index is 14.2. The lowest BCUT2D eigenvalue weighted by Gasteiger charge is -2.37. The third kappa shape index (κ3) is 3.56. The standard InChI is InChI=1S/C26H32N2O6/c1-5-12-27(21-16(3)8-7-9-17(21)4)24(31)22-26-11-10-18(34-26)19(25(32)33-15-6-2)20(26)23(30)28(22)13-14-29/h5-9,18-20,22,29H,1-2,10-15H2,3-4H3/t18-,19+,20-,22?,26?/m0/s1. The summed E-state index contributed by atoms with van der Waals surface area (Å²) in [7, 11) is 0. The lowest BCUT2D eigenvalue weighted by atomic mass is 9.70. The van der Waals surface area contributed by atoms with Crippen LogP contribution in [0.3, 0.4) is 0 Å². The van der Waals surface area contributed by atoms with Crippen LogP contribution in [0, 0.1) is 25.7 Å². The van der Waals surface area contributed by atoms with Gasteiger partial charge in [-0.2, -0.15) is 0 Å². The van der Waals surface area contributed by atoms with E-state index in [1.807, 2.05) is 32.0 Å². The summed E-state index contributed by atoms with van der Waals surface area (Å²) in [6.07, 6.45) is 3.67. The van der Waals surface area contributed by atoms with E-state index in [0.29, 0.717) is 12.8 Å². The molecule has 34 heavy (non-hydrogen) atoms. The molecule has 5 atom stereocenters. The fourth-order valence-corrected chi connectivity index (χ4v) is 6.09. The number of para-hydroxylation sites is 1. The largest absolute Gasteiger partial charge is 0.461 e. The van der Waals surface area contributed by atoms with Gasteiger partial charge in [0.25, 0.3) is 5.91 Å². The number of aliphatic hydroxyl groups excluding tert-OH is 1. The zero-order valence-electron chi connectivity index (χ0n) is 19.7. The summed E-state index contributed by atoms with van der Waals surface area (Å²) in [6, 6.07) is 4.83. The molecule has 1 spiro atoms. The fraction of sp³-hybridized carbons (Fsp3) is 0.500. The van der Waals surface area contributed by atoms with Gasteiger partial charge >= 0.3 is 5.97 Å². The van der Waals surface area contributed by atoms with Crippen LogP contribution < -0.4 is 4.90 Å². The number of hydrogen-bond acceptors (Lipinski definition) is 6. The molecule has 2 unspecified atom stereocenters. The highest BCUT2D eigenvalue weighted by atomic mass is 16.6. The summed E-state index contributed by atoms with van der Waals surface area (Å²) in [5.41, 5.74) is 1.47. The van der Waals surface area contributed by atoms with Gasteiger partial charge in [-0.1, -0.05) is 36.9 Å². The average Bonchev–Trinajstić information content (AvgIpc) is 3.44. The van der Waals surface area contributed by atoms with Crippen LogP contribution in [0.25, 0.3) is 0 Å². The molecule has 1 N–H and O–H groups in total. The molecule has 3 saturated heterocycles. The molecule has 0 radical (unpaired) electrons. The van der Waals surface area contributed by atoms with Crippen molar-refractivity contribution in [2.24, 2.45) is 11.8 Å². The van der Waals surface area contributed by atoms with E-state index in [2.05, 4.69) is 13.2 Å². The molecule has 1 aromatic carbocycles. The Morgan fingerprint density at radius 3 is 2.62 bits per heavy atom. The van der Waals surface area contributed by atoms with Crippen LogP contribution in [0.4, 0.5) is 5.69 Å². The number of anilines is 1. The van der Waals surface area contributed by atoms with Gasteiger partial charge in [0.2, 0.25) is 5.91 Å². The molecule has 3 aliphatic rings. The second-order valence-corrected chi connectivity index (χ2v) is 9.21. The first-order valence-electron chi connectivity index (χ1n) is 11.7. The van der Waals surface area contributed by atoms with E-state index in [0.717, 1.165) is 16.8 Å². The number of aryl methyl sites for hydroxylation is 2. The van der Waals surface area contributed by atoms with Crippen LogP contribution in [0.15, 0.2) is 43.5 Å². The molecule has 2 amide bonds. The minimum Gasteiger partial charge on any atom is -0.461 e. The number of β-amino-alcohol motifs (C(OH)–C–C–N with tert-alkyl or cyclic N) is 1. The molecular formula is C26H32N2O6. The van der Waals surface area contributed by atoms with Crippen LogP contribution >= 0.6 is 0 Å². The van der Waals surface area contributed by atoms with Gasteiger partial charge in [0.05, 0.1) is 24.5 Å². The van der Waals surface area contributed by atoms with E-state index in [1.165, 1.54) is 11.0 Å². The quantitative estimate of drug-likeness (QED) is 0.439. The Bertz CT molecular complexity index is 1000. The molecule has 0 saturated carbocycles. The van der Waals surface area contributed by atoms with Gasteiger partial charge in [0.1, 0.15) is 18.2 Å². The van der Waals surface area contributed by atoms with Crippen molar-refractivity contribution in [2.75, 3.05) is 31.2 Å². The van der Waals surface area contributed by atoms with Gasteiger partial charge in [0.15, 0.2) is 0 Å². The number of hydrogen-bond donors (Lipinski definition) is 1. The summed E-state index contributed by atoms with van der Waals surface area (Å²) in [5, 5.41) is 9.73. The maximum Gasteiger partial charge on any atom is 0.312 e. The molecule has 3 heterocycles. The SMILES string of the molecule is C=CCOC(=O)[C@@H]1[C@@H]2CCC3(O2)C(C(=O)N(CC=C)c2c(C)cccc2C)N(CCO)C(=O)[C@H]13. The topological polar surface area (TPSA) is 96.4 Å². The summed E-state index contributed by atoms with van der Waals surface area (Å²) in [6.45, 7) is 11.2.